The fourth-order valence-electron chi connectivity index (χ4n) is 1.89. The zero-order valence-electron chi connectivity index (χ0n) is 11.0. The minimum atomic E-state index is 0.0246. The van der Waals surface area contributed by atoms with E-state index in [1.54, 1.807) is 6.20 Å². The van der Waals surface area contributed by atoms with E-state index in [1.165, 1.54) is 10.2 Å². The van der Waals surface area contributed by atoms with Crippen LogP contribution >= 0.6 is 0 Å². The molecule has 0 aliphatic carbocycles. The van der Waals surface area contributed by atoms with E-state index in [4.69, 9.17) is 5.73 Å². The molecule has 1 heterocycles. The summed E-state index contributed by atoms with van der Waals surface area (Å²) in [5.41, 5.74) is 8.09. The van der Waals surface area contributed by atoms with Crippen LogP contribution in [0, 0.1) is 0 Å². The zero-order valence-corrected chi connectivity index (χ0v) is 11.0. The van der Waals surface area contributed by atoms with Crippen LogP contribution in [0.5, 0.6) is 0 Å². The van der Waals surface area contributed by atoms with Crippen LogP contribution in [0.25, 0.3) is 0 Å². The van der Waals surface area contributed by atoms with Gasteiger partial charge in [0.2, 0.25) is 0 Å². The van der Waals surface area contributed by atoms with E-state index < -0.39 is 0 Å². The largest absolute Gasteiger partial charge is 0.325 e. The van der Waals surface area contributed by atoms with Crippen LogP contribution in [0.2, 0.25) is 0 Å². The SMILES string of the molecule is CCCc1ccc(C(=O)Cn2cc(CN)nn2)cc1. The van der Waals surface area contributed by atoms with Gasteiger partial charge in [0.25, 0.3) is 0 Å². The average molecular weight is 258 g/mol. The summed E-state index contributed by atoms with van der Waals surface area (Å²) < 4.78 is 1.52. The number of benzene rings is 1. The molecule has 5 heteroatoms. The van der Waals surface area contributed by atoms with Gasteiger partial charge in [-0.2, -0.15) is 0 Å². The lowest BCUT2D eigenvalue weighted by Gasteiger charge is -2.03. The molecular weight excluding hydrogens is 240 g/mol. The highest BCUT2D eigenvalue weighted by Gasteiger charge is 2.08. The molecule has 0 aliphatic heterocycles. The Labute approximate surface area is 112 Å². The lowest BCUT2D eigenvalue weighted by atomic mass is 10.1. The summed E-state index contributed by atoms with van der Waals surface area (Å²) in [6.07, 6.45) is 3.84. The minimum absolute atomic E-state index is 0.0246. The maximum atomic E-state index is 12.1. The maximum absolute atomic E-state index is 12.1. The molecule has 0 bridgehead atoms. The van der Waals surface area contributed by atoms with E-state index in [0.29, 0.717) is 17.8 Å². The topological polar surface area (TPSA) is 73.8 Å². The van der Waals surface area contributed by atoms with Crippen LogP contribution in [-0.2, 0) is 19.5 Å². The Morgan fingerprint density at radius 2 is 2.05 bits per heavy atom. The molecule has 5 nitrogen and oxygen atoms in total. The smallest absolute Gasteiger partial charge is 0.184 e. The highest BCUT2D eigenvalue weighted by molar-refractivity contribution is 5.95. The van der Waals surface area contributed by atoms with Gasteiger partial charge in [0, 0.05) is 12.1 Å². The lowest BCUT2D eigenvalue weighted by Crippen LogP contribution is -2.11. The van der Waals surface area contributed by atoms with Crippen molar-refractivity contribution in [2.75, 3.05) is 0 Å². The Kier molecular flexibility index (Phi) is 4.41. The van der Waals surface area contributed by atoms with Crippen LogP contribution in [0.15, 0.2) is 30.5 Å². The van der Waals surface area contributed by atoms with Crippen molar-refractivity contribution in [3.63, 3.8) is 0 Å². The summed E-state index contributed by atoms with van der Waals surface area (Å²) in [5.74, 6) is 0.0246. The van der Waals surface area contributed by atoms with Crippen molar-refractivity contribution in [3.05, 3.63) is 47.3 Å². The highest BCUT2D eigenvalue weighted by atomic mass is 16.1. The van der Waals surface area contributed by atoms with E-state index in [9.17, 15) is 4.79 Å². The molecule has 0 fully saturated rings. The summed E-state index contributed by atoms with van der Waals surface area (Å²) in [7, 11) is 0. The quantitative estimate of drug-likeness (QED) is 0.798. The van der Waals surface area contributed by atoms with Crippen molar-refractivity contribution in [2.45, 2.75) is 32.9 Å². The standard InChI is InChI=1S/C14H18N4O/c1-2-3-11-4-6-12(7-5-11)14(19)10-18-9-13(8-15)16-17-18/h4-7,9H,2-3,8,10,15H2,1H3. The Morgan fingerprint density at radius 1 is 1.32 bits per heavy atom. The van der Waals surface area contributed by atoms with Crippen LogP contribution in [0.3, 0.4) is 0 Å². The van der Waals surface area contributed by atoms with Crippen molar-refractivity contribution >= 4 is 5.78 Å². The van der Waals surface area contributed by atoms with Crippen molar-refractivity contribution in [3.8, 4) is 0 Å². The fourth-order valence-corrected chi connectivity index (χ4v) is 1.89. The van der Waals surface area contributed by atoms with Crippen molar-refractivity contribution in [1.82, 2.24) is 15.0 Å². The normalized spacial score (nSPS) is 10.6. The number of aromatic nitrogens is 3. The summed E-state index contributed by atoms with van der Waals surface area (Å²) in [6.45, 7) is 2.67. The summed E-state index contributed by atoms with van der Waals surface area (Å²) in [6, 6.07) is 7.75. The average Bonchev–Trinajstić information content (AvgIpc) is 2.87. The van der Waals surface area contributed by atoms with E-state index in [-0.39, 0.29) is 12.3 Å². The predicted octanol–water partition coefficient (Wildman–Crippen LogP) is 1.57. The van der Waals surface area contributed by atoms with Gasteiger partial charge in [-0.1, -0.05) is 42.8 Å². The van der Waals surface area contributed by atoms with Crippen LogP contribution < -0.4 is 5.73 Å². The number of nitrogens with two attached hydrogens (primary N) is 1. The molecule has 0 atom stereocenters. The predicted molar refractivity (Wildman–Crippen MR) is 72.7 cm³/mol. The number of hydrogen-bond acceptors (Lipinski definition) is 4. The molecule has 2 rings (SSSR count). The Bertz CT molecular complexity index is 545. The molecule has 0 saturated carbocycles. The molecule has 2 N–H and O–H groups in total. The van der Waals surface area contributed by atoms with E-state index in [0.717, 1.165) is 12.8 Å². The third-order valence-corrected chi connectivity index (χ3v) is 2.92. The van der Waals surface area contributed by atoms with E-state index >= 15 is 0 Å². The first-order chi connectivity index (χ1) is 9.22. The number of Topliss-reactive ketones (excluding diaryl/α,β-unsaturated/α-hetero) is 1. The monoisotopic (exact) mass is 258 g/mol. The van der Waals surface area contributed by atoms with Crippen molar-refractivity contribution < 1.29 is 4.79 Å². The Morgan fingerprint density at radius 3 is 2.63 bits per heavy atom. The first-order valence-electron chi connectivity index (χ1n) is 6.44. The number of rotatable bonds is 6. The van der Waals surface area contributed by atoms with Gasteiger partial charge in [-0.25, -0.2) is 4.68 Å². The minimum Gasteiger partial charge on any atom is -0.325 e. The molecule has 2 aromatic rings. The molecule has 1 aromatic heterocycles. The summed E-state index contributed by atoms with van der Waals surface area (Å²) in [5, 5.41) is 7.72. The summed E-state index contributed by atoms with van der Waals surface area (Å²) >= 11 is 0. The first-order valence-corrected chi connectivity index (χ1v) is 6.44. The fraction of sp³-hybridized carbons (Fsp3) is 0.357. The van der Waals surface area contributed by atoms with Crippen molar-refractivity contribution in [1.29, 1.82) is 0 Å². The summed E-state index contributed by atoms with van der Waals surface area (Å²) in [4.78, 5) is 12.1. The van der Waals surface area contributed by atoms with Gasteiger partial charge >= 0.3 is 0 Å². The van der Waals surface area contributed by atoms with E-state index in [1.807, 2.05) is 24.3 Å². The maximum Gasteiger partial charge on any atom is 0.184 e. The zero-order chi connectivity index (χ0) is 13.7. The molecule has 0 aliphatic rings. The number of carbonyl (C=O) groups excluding carboxylic acids is 1. The third-order valence-electron chi connectivity index (χ3n) is 2.92. The number of carbonyl (C=O) groups is 1. The van der Waals surface area contributed by atoms with Crippen LogP contribution in [0.4, 0.5) is 0 Å². The molecule has 0 saturated heterocycles. The number of aryl methyl sites for hydroxylation is 1. The molecule has 1 aromatic carbocycles. The third kappa shape index (κ3) is 3.48. The van der Waals surface area contributed by atoms with Gasteiger partial charge in [0.1, 0.15) is 6.54 Å². The Balaban J connectivity index is 2.02. The molecule has 100 valence electrons. The van der Waals surface area contributed by atoms with Gasteiger partial charge in [0.15, 0.2) is 5.78 Å². The molecule has 0 unspecified atom stereocenters. The molecule has 0 amide bonds. The lowest BCUT2D eigenvalue weighted by molar-refractivity contribution is 0.0967. The second-order valence-corrected chi connectivity index (χ2v) is 4.48. The Hall–Kier alpha value is -2.01. The first kappa shape index (κ1) is 13.4. The van der Waals surface area contributed by atoms with Gasteiger partial charge in [0.05, 0.1) is 11.9 Å². The number of ketones is 1. The van der Waals surface area contributed by atoms with Crippen LogP contribution in [0.1, 0.15) is 35.0 Å². The van der Waals surface area contributed by atoms with Crippen LogP contribution in [-0.4, -0.2) is 20.8 Å². The van der Waals surface area contributed by atoms with Gasteiger partial charge in [-0.05, 0) is 12.0 Å². The second-order valence-electron chi connectivity index (χ2n) is 4.48. The second kappa shape index (κ2) is 6.24. The molecule has 19 heavy (non-hydrogen) atoms. The van der Waals surface area contributed by atoms with E-state index in [2.05, 4.69) is 17.2 Å². The van der Waals surface area contributed by atoms with Gasteiger partial charge < -0.3 is 5.73 Å². The van der Waals surface area contributed by atoms with Crippen molar-refractivity contribution in [2.24, 2.45) is 5.73 Å². The molecular formula is C14H18N4O. The van der Waals surface area contributed by atoms with Gasteiger partial charge in [-0.3, -0.25) is 4.79 Å². The highest BCUT2D eigenvalue weighted by Crippen LogP contribution is 2.08. The number of nitrogens with zero attached hydrogens (tertiary/aromatic N) is 3. The molecule has 0 radical (unpaired) electrons. The number of hydrogen-bond donors (Lipinski definition) is 1. The molecule has 0 spiro atoms. The van der Waals surface area contributed by atoms with Gasteiger partial charge in [-0.15, -0.1) is 5.10 Å².